The molecule has 6 nitrogen and oxygen atoms in total. The maximum atomic E-state index is 8.36. The van der Waals surface area contributed by atoms with Gasteiger partial charge in [0.25, 0.3) is 5.09 Å². The molecular weight excluding hydrogens is 270 g/mol. The minimum absolute atomic E-state index is 0.103. The SMILES string of the molecule is CC(C)(C)/C(=C\n1ccnc1)c1ccccc1.O=[N+]([O-])O. The number of allylic oxidation sites excluding steroid dienone is 1. The van der Waals surface area contributed by atoms with Gasteiger partial charge in [-0.05, 0) is 16.6 Å². The summed E-state index contributed by atoms with van der Waals surface area (Å²) in [6.07, 6.45) is 7.70. The summed E-state index contributed by atoms with van der Waals surface area (Å²) >= 11 is 0. The second kappa shape index (κ2) is 7.23. The monoisotopic (exact) mass is 289 g/mol. The highest BCUT2D eigenvalue weighted by Crippen LogP contribution is 2.34. The van der Waals surface area contributed by atoms with Gasteiger partial charge in [0, 0.05) is 18.6 Å². The molecule has 1 N–H and O–H groups in total. The van der Waals surface area contributed by atoms with Gasteiger partial charge in [-0.1, -0.05) is 51.1 Å². The molecule has 0 unspecified atom stereocenters. The second-order valence-corrected chi connectivity index (χ2v) is 5.41. The minimum Gasteiger partial charge on any atom is -0.328 e. The predicted octanol–water partition coefficient (Wildman–Crippen LogP) is 3.58. The lowest BCUT2D eigenvalue weighted by Gasteiger charge is -2.23. The van der Waals surface area contributed by atoms with Crippen LogP contribution in [0.15, 0.2) is 49.1 Å². The first kappa shape index (κ1) is 16.4. The van der Waals surface area contributed by atoms with Crippen molar-refractivity contribution in [3.8, 4) is 0 Å². The second-order valence-electron chi connectivity index (χ2n) is 5.41. The summed E-state index contributed by atoms with van der Waals surface area (Å²) in [6, 6.07) is 10.5. The van der Waals surface area contributed by atoms with Crippen LogP contribution in [0.25, 0.3) is 11.8 Å². The zero-order valence-corrected chi connectivity index (χ0v) is 12.3. The predicted molar refractivity (Wildman–Crippen MR) is 81.1 cm³/mol. The van der Waals surface area contributed by atoms with E-state index >= 15 is 0 Å². The van der Waals surface area contributed by atoms with Crippen molar-refractivity contribution in [1.82, 2.24) is 9.55 Å². The van der Waals surface area contributed by atoms with Gasteiger partial charge in [0.15, 0.2) is 0 Å². The van der Waals surface area contributed by atoms with E-state index in [0.717, 1.165) is 0 Å². The van der Waals surface area contributed by atoms with Crippen molar-refractivity contribution >= 4 is 11.8 Å². The fraction of sp³-hybridized carbons (Fsp3) is 0.267. The van der Waals surface area contributed by atoms with Gasteiger partial charge in [-0.15, -0.1) is 10.1 Å². The summed E-state index contributed by atoms with van der Waals surface area (Å²) in [6.45, 7) is 6.67. The third-order valence-electron chi connectivity index (χ3n) is 2.70. The van der Waals surface area contributed by atoms with Crippen molar-refractivity contribution in [2.45, 2.75) is 20.8 Å². The number of nitrogens with zero attached hydrogens (tertiary/aromatic N) is 3. The number of rotatable bonds is 2. The van der Waals surface area contributed by atoms with Crippen molar-refractivity contribution in [3.63, 3.8) is 0 Å². The van der Waals surface area contributed by atoms with Crippen LogP contribution >= 0.6 is 0 Å². The van der Waals surface area contributed by atoms with E-state index in [0.29, 0.717) is 0 Å². The van der Waals surface area contributed by atoms with Crippen LogP contribution in [0.1, 0.15) is 26.3 Å². The van der Waals surface area contributed by atoms with Gasteiger partial charge in [-0.25, -0.2) is 4.98 Å². The number of benzene rings is 1. The van der Waals surface area contributed by atoms with E-state index < -0.39 is 5.09 Å². The van der Waals surface area contributed by atoms with Crippen molar-refractivity contribution < 1.29 is 10.3 Å². The molecule has 0 aliphatic carbocycles. The van der Waals surface area contributed by atoms with E-state index in [4.69, 9.17) is 15.3 Å². The quantitative estimate of drug-likeness (QED) is 0.676. The maximum Gasteiger partial charge on any atom is 0.291 e. The Labute approximate surface area is 123 Å². The molecule has 0 aliphatic rings. The standard InChI is InChI=1S/C15H18N2.HNO3/c1-15(2,3)14(11-17-10-9-16-12-17)13-7-5-4-6-8-13;2-1(3)4/h4-12H,1-3H3;(H,2,3,4)/b14-11-;. The van der Waals surface area contributed by atoms with Crippen LogP contribution in [0.3, 0.4) is 0 Å². The average Bonchev–Trinajstić information content (AvgIpc) is 2.88. The Morgan fingerprint density at radius 1 is 1.33 bits per heavy atom. The largest absolute Gasteiger partial charge is 0.328 e. The fourth-order valence-electron chi connectivity index (χ4n) is 1.81. The summed E-state index contributed by atoms with van der Waals surface area (Å²) in [5, 5.41) is 13.6. The normalized spacial score (nSPS) is 11.5. The molecule has 0 atom stereocenters. The van der Waals surface area contributed by atoms with E-state index in [1.165, 1.54) is 11.1 Å². The molecule has 0 bridgehead atoms. The van der Waals surface area contributed by atoms with Gasteiger partial charge in [0.05, 0.1) is 6.33 Å². The molecule has 1 aromatic carbocycles. The summed E-state index contributed by atoms with van der Waals surface area (Å²) in [5.41, 5.74) is 2.66. The third kappa shape index (κ3) is 5.90. The van der Waals surface area contributed by atoms with Gasteiger partial charge >= 0.3 is 0 Å². The topological polar surface area (TPSA) is 81.2 Å². The molecule has 112 valence electrons. The van der Waals surface area contributed by atoms with Gasteiger partial charge in [0.2, 0.25) is 0 Å². The highest BCUT2D eigenvalue weighted by Gasteiger charge is 2.18. The molecular formula is C15H19N3O3. The van der Waals surface area contributed by atoms with Gasteiger partial charge < -0.3 is 9.77 Å². The molecule has 0 amide bonds. The van der Waals surface area contributed by atoms with Crippen LogP contribution in [-0.2, 0) is 0 Å². The Balaban J connectivity index is 0.000000491. The zero-order chi connectivity index (χ0) is 15.9. The number of hydrogen-bond donors (Lipinski definition) is 1. The molecule has 0 spiro atoms. The Kier molecular flexibility index (Phi) is 5.66. The van der Waals surface area contributed by atoms with E-state index in [1.54, 1.807) is 6.20 Å². The minimum atomic E-state index is -1.50. The Morgan fingerprint density at radius 3 is 2.33 bits per heavy atom. The molecule has 0 aliphatic heterocycles. The van der Waals surface area contributed by atoms with Crippen LogP contribution in [-0.4, -0.2) is 19.8 Å². The molecule has 6 heteroatoms. The van der Waals surface area contributed by atoms with E-state index in [9.17, 15) is 0 Å². The Bertz CT molecular complexity index is 580. The van der Waals surface area contributed by atoms with E-state index in [1.807, 2.05) is 23.2 Å². The number of aromatic nitrogens is 2. The molecule has 0 saturated carbocycles. The smallest absolute Gasteiger partial charge is 0.291 e. The van der Waals surface area contributed by atoms with Gasteiger partial charge in [0.1, 0.15) is 0 Å². The lowest BCUT2D eigenvalue weighted by Crippen LogP contribution is -2.09. The summed E-state index contributed by atoms with van der Waals surface area (Å²) in [4.78, 5) is 12.4. The molecule has 2 aromatic rings. The Hall–Kier alpha value is -2.63. The van der Waals surface area contributed by atoms with Crippen LogP contribution in [0.4, 0.5) is 0 Å². The lowest BCUT2D eigenvalue weighted by molar-refractivity contribution is -0.742. The summed E-state index contributed by atoms with van der Waals surface area (Å²) in [7, 11) is 0. The van der Waals surface area contributed by atoms with E-state index in [2.05, 4.69) is 56.2 Å². The highest BCUT2D eigenvalue weighted by atomic mass is 16.9. The first-order valence-electron chi connectivity index (χ1n) is 6.39. The molecule has 0 radical (unpaired) electrons. The van der Waals surface area contributed by atoms with Gasteiger partial charge in [-0.3, -0.25) is 0 Å². The summed E-state index contributed by atoms with van der Waals surface area (Å²) < 4.78 is 1.99. The van der Waals surface area contributed by atoms with Crippen molar-refractivity contribution in [3.05, 3.63) is 64.7 Å². The first-order valence-corrected chi connectivity index (χ1v) is 6.39. The maximum absolute atomic E-state index is 8.36. The number of hydrogen-bond acceptors (Lipinski definition) is 3. The summed E-state index contributed by atoms with van der Waals surface area (Å²) in [5.74, 6) is 0. The molecule has 1 aromatic heterocycles. The molecule has 0 saturated heterocycles. The molecule has 0 fully saturated rings. The zero-order valence-electron chi connectivity index (χ0n) is 12.3. The highest BCUT2D eigenvalue weighted by molar-refractivity contribution is 5.78. The molecule has 21 heavy (non-hydrogen) atoms. The van der Waals surface area contributed by atoms with Crippen molar-refractivity contribution in [2.24, 2.45) is 5.41 Å². The molecule has 2 rings (SSSR count). The molecule has 1 heterocycles. The fourth-order valence-corrected chi connectivity index (χ4v) is 1.81. The third-order valence-corrected chi connectivity index (χ3v) is 2.70. The average molecular weight is 289 g/mol. The van der Waals surface area contributed by atoms with Crippen molar-refractivity contribution in [1.29, 1.82) is 0 Å². The van der Waals surface area contributed by atoms with Crippen LogP contribution in [0, 0.1) is 15.5 Å². The van der Waals surface area contributed by atoms with Crippen LogP contribution in [0.2, 0.25) is 0 Å². The Morgan fingerprint density at radius 2 is 1.90 bits per heavy atom. The van der Waals surface area contributed by atoms with Crippen LogP contribution < -0.4 is 0 Å². The lowest BCUT2D eigenvalue weighted by atomic mass is 9.83. The van der Waals surface area contributed by atoms with Crippen LogP contribution in [0.5, 0.6) is 0 Å². The number of imidazole rings is 1. The first-order chi connectivity index (χ1) is 9.80. The van der Waals surface area contributed by atoms with Gasteiger partial charge in [-0.2, -0.15) is 0 Å². The van der Waals surface area contributed by atoms with Crippen molar-refractivity contribution in [2.75, 3.05) is 0 Å². The van der Waals surface area contributed by atoms with E-state index in [-0.39, 0.29) is 5.41 Å².